The van der Waals surface area contributed by atoms with Crippen LogP contribution in [0.15, 0.2) is 18.2 Å². The summed E-state index contributed by atoms with van der Waals surface area (Å²) in [5, 5.41) is 0.889. The molecule has 4 heteroatoms. The molecule has 102 valence electrons. The third-order valence-electron chi connectivity index (χ3n) is 3.19. The number of methoxy groups -OCH3 is 2. The molecule has 0 aliphatic rings. The summed E-state index contributed by atoms with van der Waals surface area (Å²) in [5.41, 5.74) is 8.52. The van der Waals surface area contributed by atoms with E-state index >= 15 is 0 Å². The highest BCUT2D eigenvalue weighted by Crippen LogP contribution is 2.38. The summed E-state index contributed by atoms with van der Waals surface area (Å²) in [5.74, 6) is 1.32. The third-order valence-corrected chi connectivity index (χ3v) is 3.19. The molecule has 0 bridgehead atoms. The fourth-order valence-electron chi connectivity index (χ4n) is 2.17. The maximum atomic E-state index is 6.06. The van der Waals surface area contributed by atoms with Crippen molar-refractivity contribution in [2.75, 3.05) is 20.0 Å². The van der Waals surface area contributed by atoms with Crippen LogP contribution in [0.5, 0.6) is 11.5 Å². The van der Waals surface area contributed by atoms with E-state index in [2.05, 4.69) is 11.9 Å². The van der Waals surface area contributed by atoms with Gasteiger partial charge in [-0.25, -0.2) is 0 Å². The van der Waals surface area contributed by atoms with E-state index in [9.17, 15) is 0 Å². The summed E-state index contributed by atoms with van der Waals surface area (Å²) < 4.78 is 10.7. The molecular formula is C15H20N2O2. The lowest BCUT2D eigenvalue weighted by molar-refractivity contribution is 0.358. The van der Waals surface area contributed by atoms with Gasteiger partial charge < -0.3 is 15.2 Å². The zero-order valence-corrected chi connectivity index (χ0v) is 11.7. The van der Waals surface area contributed by atoms with Crippen LogP contribution in [0, 0.1) is 0 Å². The van der Waals surface area contributed by atoms with Crippen LogP contribution in [0.3, 0.4) is 0 Å². The van der Waals surface area contributed by atoms with Crippen molar-refractivity contribution in [1.29, 1.82) is 0 Å². The van der Waals surface area contributed by atoms with Gasteiger partial charge in [-0.3, -0.25) is 4.98 Å². The van der Waals surface area contributed by atoms with Gasteiger partial charge in [0, 0.05) is 17.1 Å². The van der Waals surface area contributed by atoms with Crippen LogP contribution in [-0.2, 0) is 6.42 Å². The van der Waals surface area contributed by atoms with Crippen LogP contribution in [0.1, 0.15) is 25.5 Å². The maximum Gasteiger partial charge on any atom is 0.170 e. The normalized spacial score (nSPS) is 10.7. The molecule has 4 nitrogen and oxygen atoms in total. The van der Waals surface area contributed by atoms with Crippen molar-refractivity contribution in [3.05, 3.63) is 23.9 Å². The van der Waals surface area contributed by atoms with E-state index in [0.29, 0.717) is 17.2 Å². The molecule has 2 N–H and O–H groups in total. The predicted molar refractivity (Wildman–Crippen MR) is 77.9 cm³/mol. The highest BCUT2D eigenvalue weighted by Gasteiger charge is 2.13. The summed E-state index contributed by atoms with van der Waals surface area (Å²) in [4.78, 5) is 4.64. The van der Waals surface area contributed by atoms with Gasteiger partial charge in [0.2, 0.25) is 0 Å². The number of anilines is 1. The Kier molecular flexibility index (Phi) is 4.10. The van der Waals surface area contributed by atoms with Crippen molar-refractivity contribution in [3.8, 4) is 11.5 Å². The molecule has 0 spiro atoms. The smallest absolute Gasteiger partial charge is 0.170 e. The number of hydrogen-bond donors (Lipinski definition) is 1. The molecule has 0 unspecified atom stereocenters. The van der Waals surface area contributed by atoms with E-state index in [0.717, 1.165) is 35.9 Å². The van der Waals surface area contributed by atoms with E-state index in [4.69, 9.17) is 15.2 Å². The molecule has 0 aliphatic heterocycles. The van der Waals surface area contributed by atoms with Crippen LogP contribution < -0.4 is 15.2 Å². The number of aromatic nitrogens is 1. The SMILES string of the molecule is CCCCc1ccc2c(OC)c(OC)cc(N)c2n1. The van der Waals surface area contributed by atoms with E-state index in [1.165, 1.54) is 0 Å². The van der Waals surface area contributed by atoms with Gasteiger partial charge in [0.25, 0.3) is 0 Å². The average Bonchev–Trinajstić information content (AvgIpc) is 2.45. The van der Waals surface area contributed by atoms with Crippen LogP contribution in [0.4, 0.5) is 5.69 Å². The largest absolute Gasteiger partial charge is 0.493 e. The second-order valence-electron chi connectivity index (χ2n) is 4.50. The average molecular weight is 260 g/mol. The zero-order valence-electron chi connectivity index (χ0n) is 11.7. The van der Waals surface area contributed by atoms with Crippen molar-refractivity contribution in [2.24, 2.45) is 0 Å². The fourth-order valence-corrected chi connectivity index (χ4v) is 2.17. The summed E-state index contributed by atoms with van der Waals surface area (Å²) in [6, 6.07) is 5.79. The van der Waals surface area contributed by atoms with Crippen molar-refractivity contribution in [3.63, 3.8) is 0 Å². The van der Waals surface area contributed by atoms with Crippen molar-refractivity contribution in [2.45, 2.75) is 26.2 Å². The van der Waals surface area contributed by atoms with Crippen LogP contribution >= 0.6 is 0 Å². The molecule has 2 rings (SSSR count). The number of pyridine rings is 1. The molecule has 19 heavy (non-hydrogen) atoms. The molecule has 1 aromatic heterocycles. The number of nitrogens with zero attached hydrogens (tertiary/aromatic N) is 1. The third kappa shape index (κ3) is 2.57. The summed E-state index contributed by atoms with van der Waals surface area (Å²) >= 11 is 0. The van der Waals surface area contributed by atoms with Gasteiger partial charge in [-0.15, -0.1) is 0 Å². The number of nitrogens with two attached hydrogens (primary N) is 1. The Labute approximate surface area is 113 Å². The first kappa shape index (κ1) is 13.5. The lowest BCUT2D eigenvalue weighted by atomic mass is 10.1. The van der Waals surface area contributed by atoms with Gasteiger partial charge in [0.05, 0.1) is 25.4 Å². The maximum absolute atomic E-state index is 6.06. The highest BCUT2D eigenvalue weighted by atomic mass is 16.5. The number of fused-ring (bicyclic) bond motifs is 1. The van der Waals surface area contributed by atoms with Gasteiger partial charge >= 0.3 is 0 Å². The Balaban J connectivity index is 2.57. The molecule has 1 aromatic carbocycles. The molecule has 0 fully saturated rings. The molecule has 1 heterocycles. The quantitative estimate of drug-likeness (QED) is 0.839. The first-order valence-corrected chi connectivity index (χ1v) is 6.51. The van der Waals surface area contributed by atoms with Gasteiger partial charge in [-0.05, 0) is 25.0 Å². The summed E-state index contributed by atoms with van der Waals surface area (Å²) in [6.07, 6.45) is 3.26. The molecule has 0 aliphatic carbocycles. The van der Waals surface area contributed by atoms with Gasteiger partial charge in [0.1, 0.15) is 0 Å². The van der Waals surface area contributed by atoms with E-state index in [-0.39, 0.29) is 0 Å². The van der Waals surface area contributed by atoms with Crippen molar-refractivity contribution in [1.82, 2.24) is 4.98 Å². The first-order valence-electron chi connectivity index (χ1n) is 6.51. The second kappa shape index (κ2) is 5.78. The van der Waals surface area contributed by atoms with Crippen LogP contribution in [-0.4, -0.2) is 19.2 Å². The summed E-state index contributed by atoms with van der Waals surface area (Å²) in [6.45, 7) is 2.17. The Morgan fingerprint density at radius 1 is 1.21 bits per heavy atom. The van der Waals surface area contributed by atoms with Crippen molar-refractivity contribution < 1.29 is 9.47 Å². The lowest BCUT2D eigenvalue weighted by Crippen LogP contribution is -1.99. The number of rotatable bonds is 5. The first-order chi connectivity index (χ1) is 9.21. The zero-order chi connectivity index (χ0) is 13.8. The molecular weight excluding hydrogens is 240 g/mol. The van der Waals surface area contributed by atoms with E-state index < -0.39 is 0 Å². The predicted octanol–water partition coefficient (Wildman–Crippen LogP) is 3.18. The Hall–Kier alpha value is -1.97. The van der Waals surface area contributed by atoms with E-state index in [1.54, 1.807) is 20.3 Å². The van der Waals surface area contributed by atoms with Crippen molar-refractivity contribution >= 4 is 16.6 Å². The number of aryl methyl sites for hydroxylation is 1. The molecule has 0 radical (unpaired) electrons. The van der Waals surface area contributed by atoms with Crippen LogP contribution in [0.2, 0.25) is 0 Å². The number of nitrogen functional groups attached to an aromatic ring is 1. The monoisotopic (exact) mass is 260 g/mol. The number of hydrogen-bond acceptors (Lipinski definition) is 4. The lowest BCUT2D eigenvalue weighted by Gasteiger charge is -2.13. The highest BCUT2D eigenvalue weighted by molar-refractivity contribution is 5.96. The van der Waals surface area contributed by atoms with Gasteiger partial charge in [-0.1, -0.05) is 13.3 Å². The van der Waals surface area contributed by atoms with Gasteiger partial charge in [0.15, 0.2) is 11.5 Å². The minimum absolute atomic E-state index is 0.617. The molecule has 0 atom stereocenters. The number of unbranched alkanes of at least 4 members (excludes halogenated alkanes) is 1. The standard InChI is InChI=1S/C15H20N2O2/c1-4-5-6-10-7-8-11-14(17-10)12(16)9-13(18-2)15(11)19-3/h7-9H,4-6,16H2,1-3H3. The Morgan fingerprint density at radius 3 is 2.63 bits per heavy atom. The minimum atomic E-state index is 0.617. The molecule has 0 saturated carbocycles. The topological polar surface area (TPSA) is 57.4 Å². The number of benzene rings is 1. The fraction of sp³-hybridized carbons (Fsp3) is 0.400. The van der Waals surface area contributed by atoms with Crippen LogP contribution in [0.25, 0.3) is 10.9 Å². The van der Waals surface area contributed by atoms with E-state index in [1.807, 2.05) is 12.1 Å². The number of ether oxygens (including phenoxy) is 2. The van der Waals surface area contributed by atoms with Gasteiger partial charge in [-0.2, -0.15) is 0 Å². The molecule has 2 aromatic rings. The Bertz CT molecular complexity index is 582. The molecule has 0 amide bonds. The second-order valence-corrected chi connectivity index (χ2v) is 4.50. The molecule has 0 saturated heterocycles. The Morgan fingerprint density at radius 2 is 2.00 bits per heavy atom. The minimum Gasteiger partial charge on any atom is -0.493 e. The summed E-state index contributed by atoms with van der Waals surface area (Å²) in [7, 11) is 3.23.